The number of carbonyl (C=O) groups is 3. The van der Waals surface area contributed by atoms with Gasteiger partial charge in [0.25, 0.3) is 5.91 Å². The third-order valence-electron chi connectivity index (χ3n) is 4.83. The van der Waals surface area contributed by atoms with E-state index in [1.54, 1.807) is 19.1 Å². The zero-order valence-corrected chi connectivity index (χ0v) is 14.8. The molecule has 26 heavy (non-hydrogen) atoms. The van der Waals surface area contributed by atoms with Gasteiger partial charge in [0.15, 0.2) is 5.78 Å². The van der Waals surface area contributed by atoms with Crippen LogP contribution < -0.4 is 5.32 Å². The van der Waals surface area contributed by atoms with Gasteiger partial charge in [0.2, 0.25) is 0 Å². The zero-order valence-electron chi connectivity index (χ0n) is 14.8. The van der Waals surface area contributed by atoms with E-state index in [1.165, 1.54) is 24.3 Å². The second kappa shape index (κ2) is 6.37. The quantitative estimate of drug-likeness (QED) is 0.678. The number of ketones is 1. The van der Waals surface area contributed by atoms with Crippen molar-refractivity contribution in [2.24, 2.45) is 0 Å². The first-order valence-electron chi connectivity index (χ1n) is 8.23. The summed E-state index contributed by atoms with van der Waals surface area (Å²) in [6, 6.07) is 9.96. The molecular weight excluding hydrogens is 335 g/mol. The molecule has 1 unspecified atom stereocenters. The second-order valence-electron chi connectivity index (χ2n) is 6.68. The fourth-order valence-electron chi connectivity index (χ4n) is 2.97. The number of benzene rings is 2. The van der Waals surface area contributed by atoms with E-state index in [0.717, 1.165) is 16.0 Å². The average Bonchev–Trinajstić information content (AvgIpc) is 2.82. The van der Waals surface area contributed by atoms with Crippen molar-refractivity contribution in [2.45, 2.75) is 26.3 Å². The summed E-state index contributed by atoms with van der Waals surface area (Å²) in [5.41, 5.74) is 1.60. The Bertz CT molecular complexity index is 908. The summed E-state index contributed by atoms with van der Waals surface area (Å²) >= 11 is 0. The summed E-state index contributed by atoms with van der Waals surface area (Å²) in [5.74, 6) is -1.29. The molecule has 3 rings (SSSR count). The van der Waals surface area contributed by atoms with E-state index in [0.29, 0.717) is 11.1 Å². The maximum atomic E-state index is 13.1. The van der Waals surface area contributed by atoms with Gasteiger partial charge in [0.1, 0.15) is 11.4 Å². The number of carbonyl (C=O) groups excluding carboxylic acids is 3. The number of nitrogens with one attached hydrogen (secondary N) is 1. The lowest BCUT2D eigenvalue weighted by Gasteiger charge is -2.22. The highest BCUT2D eigenvalue weighted by Crippen LogP contribution is 2.29. The molecule has 0 radical (unpaired) electrons. The summed E-state index contributed by atoms with van der Waals surface area (Å²) in [5, 5.41) is 2.61. The van der Waals surface area contributed by atoms with Crippen LogP contribution in [0.15, 0.2) is 42.5 Å². The van der Waals surface area contributed by atoms with Crippen LogP contribution in [-0.2, 0) is 10.3 Å². The van der Waals surface area contributed by atoms with Gasteiger partial charge in [-0.15, -0.1) is 0 Å². The maximum Gasteiger partial charge on any atom is 0.325 e. The van der Waals surface area contributed by atoms with Crippen molar-refractivity contribution in [3.05, 3.63) is 70.5 Å². The van der Waals surface area contributed by atoms with Gasteiger partial charge in [-0.3, -0.25) is 14.5 Å². The molecule has 6 heteroatoms. The van der Waals surface area contributed by atoms with Crippen molar-refractivity contribution in [1.82, 2.24) is 10.2 Å². The van der Waals surface area contributed by atoms with Gasteiger partial charge in [-0.1, -0.05) is 24.3 Å². The molecule has 0 bridgehead atoms. The molecule has 1 fully saturated rings. The highest BCUT2D eigenvalue weighted by molar-refractivity contribution is 6.11. The van der Waals surface area contributed by atoms with Gasteiger partial charge in [0, 0.05) is 5.56 Å². The Morgan fingerprint density at radius 3 is 2.35 bits per heavy atom. The maximum absolute atomic E-state index is 13.1. The molecule has 1 saturated heterocycles. The lowest BCUT2D eigenvalue weighted by Crippen LogP contribution is -2.41. The molecule has 2 aromatic rings. The normalized spacial score (nSPS) is 19.6. The molecule has 0 saturated carbocycles. The minimum absolute atomic E-state index is 0.319. The standard InChI is InChI=1S/C20H19FN2O3/c1-12-4-5-14(10-13(12)2)17(24)11-23-18(25)20(3,22-19(23)26)15-6-8-16(21)9-7-15/h4-10H,11H2,1-3H3,(H,22,26). The Kier molecular flexibility index (Phi) is 4.36. The van der Waals surface area contributed by atoms with E-state index in [-0.39, 0.29) is 12.3 Å². The molecule has 1 N–H and O–H groups in total. The monoisotopic (exact) mass is 354 g/mol. The summed E-state index contributed by atoms with van der Waals surface area (Å²) in [6.07, 6.45) is 0. The van der Waals surface area contributed by atoms with Gasteiger partial charge in [0.05, 0.1) is 6.54 Å². The molecule has 0 spiro atoms. The molecule has 5 nitrogen and oxygen atoms in total. The number of aryl methyl sites for hydroxylation is 2. The summed E-state index contributed by atoms with van der Waals surface area (Å²) in [7, 11) is 0. The van der Waals surface area contributed by atoms with Gasteiger partial charge < -0.3 is 5.32 Å². The van der Waals surface area contributed by atoms with Crippen LogP contribution >= 0.6 is 0 Å². The Morgan fingerprint density at radius 1 is 1.08 bits per heavy atom. The summed E-state index contributed by atoms with van der Waals surface area (Å²) in [4.78, 5) is 38.5. The number of nitrogens with zero attached hydrogens (tertiary/aromatic N) is 1. The fourth-order valence-corrected chi connectivity index (χ4v) is 2.97. The highest BCUT2D eigenvalue weighted by Gasteiger charge is 2.49. The first-order valence-corrected chi connectivity index (χ1v) is 8.23. The van der Waals surface area contributed by atoms with Crippen LogP contribution in [0.2, 0.25) is 0 Å². The van der Waals surface area contributed by atoms with Crippen molar-refractivity contribution in [1.29, 1.82) is 0 Å². The van der Waals surface area contributed by atoms with E-state index in [1.807, 2.05) is 19.9 Å². The van der Waals surface area contributed by atoms with E-state index < -0.39 is 23.3 Å². The van der Waals surface area contributed by atoms with Crippen molar-refractivity contribution in [2.75, 3.05) is 6.54 Å². The number of rotatable bonds is 4. The average molecular weight is 354 g/mol. The Labute approximate surface area is 150 Å². The van der Waals surface area contributed by atoms with Gasteiger partial charge in [-0.25, -0.2) is 9.18 Å². The molecule has 1 atom stereocenters. The van der Waals surface area contributed by atoms with Crippen molar-refractivity contribution < 1.29 is 18.8 Å². The molecule has 0 aromatic heterocycles. The topological polar surface area (TPSA) is 66.5 Å². The van der Waals surface area contributed by atoms with Crippen LogP contribution in [0.4, 0.5) is 9.18 Å². The Balaban J connectivity index is 1.84. The van der Waals surface area contributed by atoms with E-state index in [4.69, 9.17) is 0 Å². The van der Waals surface area contributed by atoms with Crippen LogP contribution in [0.5, 0.6) is 0 Å². The molecule has 1 heterocycles. The predicted octanol–water partition coefficient (Wildman–Crippen LogP) is 3.09. The largest absolute Gasteiger partial charge is 0.325 e. The smallest absolute Gasteiger partial charge is 0.319 e. The van der Waals surface area contributed by atoms with Crippen molar-refractivity contribution in [3.8, 4) is 0 Å². The van der Waals surface area contributed by atoms with E-state index in [9.17, 15) is 18.8 Å². The lowest BCUT2D eigenvalue weighted by molar-refractivity contribution is -0.130. The minimum atomic E-state index is -1.33. The molecule has 0 aliphatic carbocycles. The van der Waals surface area contributed by atoms with E-state index >= 15 is 0 Å². The molecule has 134 valence electrons. The molecule has 2 aromatic carbocycles. The number of urea groups is 1. The third kappa shape index (κ3) is 2.98. The van der Waals surface area contributed by atoms with Crippen LogP contribution in [0.3, 0.4) is 0 Å². The number of halogens is 1. The second-order valence-corrected chi connectivity index (χ2v) is 6.68. The first kappa shape index (κ1) is 17.8. The molecule has 3 amide bonds. The number of hydrogen-bond donors (Lipinski definition) is 1. The molecule has 1 aliphatic heterocycles. The first-order chi connectivity index (χ1) is 12.2. The highest BCUT2D eigenvalue weighted by atomic mass is 19.1. The van der Waals surface area contributed by atoms with Gasteiger partial charge in [-0.05, 0) is 55.7 Å². The van der Waals surface area contributed by atoms with Crippen LogP contribution in [0, 0.1) is 19.7 Å². The Hall–Kier alpha value is -3.02. The summed E-state index contributed by atoms with van der Waals surface area (Å²) < 4.78 is 13.1. The van der Waals surface area contributed by atoms with Gasteiger partial charge >= 0.3 is 6.03 Å². The molecular formula is C20H19FN2O3. The van der Waals surface area contributed by atoms with Crippen molar-refractivity contribution >= 4 is 17.7 Å². The number of amides is 3. The SMILES string of the molecule is Cc1ccc(C(=O)CN2C(=O)NC(C)(c3ccc(F)cc3)C2=O)cc1C. The number of Topliss-reactive ketones (excluding diaryl/α,β-unsaturated/α-hetero) is 1. The van der Waals surface area contributed by atoms with Crippen molar-refractivity contribution in [3.63, 3.8) is 0 Å². The van der Waals surface area contributed by atoms with Crippen LogP contribution in [-0.4, -0.2) is 29.2 Å². The Morgan fingerprint density at radius 2 is 1.73 bits per heavy atom. The number of hydrogen-bond acceptors (Lipinski definition) is 3. The number of imide groups is 1. The fraction of sp³-hybridized carbons (Fsp3) is 0.250. The molecule has 1 aliphatic rings. The minimum Gasteiger partial charge on any atom is -0.319 e. The predicted molar refractivity (Wildman–Crippen MR) is 94.2 cm³/mol. The zero-order chi connectivity index (χ0) is 19.1. The third-order valence-corrected chi connectivity index (χ3v) is 4.83. The summed E-state index contributed by atoms with van der Waals surface area (Å²) in [6.45, 7) is 5.03. The van der Waals surface area contributed by atoms with Crippen LogP contribution in [0.25, 0.3) is 0 Å². The van der Waals surface area contributed by atoms with Gasteiger partial charge in [-0.2, -0.15) is 0 Å². The lowest BCUT2D eigenvalue weighted by atomic mass is 9.92. The van der Waals surface area contributed by atoms with Crippen LogP contribution in [0.1, 0.15) is 34.0 Å². The van der Waals surface area contributed by atoms with E-state index in [2.05, 4.69) is 5.32 Å².